The maximum absolute atomic E-state index is 12.3. The van der Waals surface area contributed by atoms with Crippen molar-refractivity contribution in [2.24, 2.45) is 0 Å². The molecule has 0 aliphatic carbocycles. The van der Waals surface area contributed by atoms with E-state index >= 15 is 0 Å². The first-order valence-electron chi connectivity index (χ1n) is 7.22. The molecule has 0 saturated carbocycles. The predicted molar refractivity (Wildman–Crippen MR) is 84.4 cm³/mol. The minimum atomic E-state index is -0.125. The Morgan fingerprint density at radius 3 is 3.10 bits per heavy atom. The molecule has 0 bridgehead atoms. The number of thiophene rings is 1. The number of nitrogens with two attached hydrogens (primary N) is 1. The van der Waals surface area contributed by atoms with Crippen LogP contribution in [0, 0.1) is 0 Å². The number of nitrogen functional groups attached to an aromatic ring is 1. The van der Waals surface area contributed by atoms with Crippen LogP contribution < -0.4 is 11.1 Å². The number of likely N-dealkylation sites (tertiary alicyclic amines) is 1. The van der Waals surface area contributed by atoms with Gasteiger partial charge in [0.05, 0.1) is 5.69 Å². The fourth-order valence-corrected chi connectivity index (χ4v) is 3.78. The van der Waals surface area contributed by atoms with Gasteiger partial charge >= 0.3 is 0 Å². The first-order valence-corrected chi connectivity index (χ1v) is 8.03. The number of anilines is 1. The zero-order valence-electron chi connectivity index (χ0n) is 12.0. The maximum Gasteiger partial charge on any atom is 0.263 e. The molecule has 1 unspecified atom stereocenters. The summed E-state index contributed by atoms with van der Waals surface area (Å²) in [6.07, 6.45) is 5.54. The summed E-state index contributed by atoms with van der Waals surface area (Å²) in [5.74, 6) is -0.125. The van der Waals surface area contributed by atoms with Crippen molar-refractivity contribution in [2.75, 3.05) is 25.4 Å². The number of amides is 1. The van der Waals surface area contributed by atoms with Crippen LogP contribution in [0.5, 0.6) is 0 Å². The predicted octanol–water partition coefficient (Wildman–Crippen LogP) is 1.49. The third kappa shape index (κ3) is 2.71. The second-order valence-electron chi connectivity index (χ2n) is 5.19. The third-order valence-electron chi connectivity index (χ3n) is 3.97. The van der Waals surface area contributed by atoms with E-state index in [0.717, 1.165) is 19.5 Å². The van der Waals surface area contributed by atoms with Gasteiger partial charge in [-0.05, 0) is 25.9 Å². The Morgan fingerprint density at radius 2 is 2.33 bits per heavy atom. The van der Waals surface area contributed by atoms with Crippen LogP contribution in [0.1, 0.15) is 29.4 Å². The molecule has 1 aliphatic rings. The second-order valence-corrected chi connectivity index (χ2v) is 6.19. The first kappa shape index (κ1) is 14.2. The van der Waals surface area contributed by atoms with Crippen molar-refractivity contribution in [1.29, 1.82) is 0 Å². The highest BCUT2D eigenvalue weighted by Gasteiger charge is 2.24. The normalized spacial score (nSPS) is 19.2. The number of hydrogen-bond donors (Lipinski definition) is 2. The number of carbonyl (C=O) groups excluding carboxylic acids is 1. The number of hydrogen-bond acceptors (Lipinski definition) is 6. The molecule has 3 rings (SSSR count). The van der Waals surface area contributed by atoms with Crippen molar-refractivity contribution in [3.63, 3.8) is 0 Å². The van der Waals surface area contributed by atoms with Gasteiger partial charge in [0.25, 0.3) is 5.91 Å². The van der Waals surface area contributed by atoms with Gasteiger partial charge in [0.2, 0.25) is 0 Å². The molecular formula is C14H19N5OS. The molecular weight excluding hydrogens is 286 g/mol. The SMILES string of the molecule is CCN1CCCC1CNC(=O)c1sc2nccnc2c1N. The van der Waals surface area contributed by atoms with E-state index in [9.17, 15) is 4.79 Å². The van der Waals surface area contributed by atoms with E-state index in [-0.39, 0.29) is 5.91 Å². The van der Waals surface area contributed by atoms with Crippen LogP contribution in [0.3, 0.4) is 0 Å². The van der Waals surface area contributed by atoms with Crippen LogP contribution in [-0.2, 0) is 0 Å². The molecule has 1 aliphatic heterocycles. The van der Waals surface area contributed by atoms with Gasteiger partial charge in [-0.2, -0.15) is 0 Å². The molecule has 1 amide bonds. The molecule has 2 aromatic rings. The highest BCUT2D eigenvalue weighted by atomic mass is 32.1. The summed E-state index contributed by atoms with van der Waals surface area (Å²) in [4.78, 5) is 24.3. The number of nitrogens with zero attached hydrogens (tertiary/aromatic N) is 3. The summed E-state index contributed by atoms with van der Waals surface area (Å²) in [5.41, 5.74) is 7.06. The Labute approximate surface area is 127 Å². The van der Waals surface area contributed by atoms with Gasteiger partial charge in [-0.3, -0.25) is 9.69 Å². The highest BCUT2D eigenvalue weighted by Crippen LogP contribution is 2.30. The van der Waals surface area contributed by atoms with Crippen LogP contribution in [0.15, 0.2) is 12.4 Å². The minimum Gasteiger partial charge on any atom is -0.396 e. The van der Waals surface area contributed by atoms with Gasteiger partial charge in [0.1, 0.15) is 15.2 Å². The van der Waals surface area contributed by atoms with Crippen LogP contribution in [-0.4, -0.2) is 46.5 Å². The van der Waals surface area contributed by atoms with Crippen molar-refractivity contribution in [3.8, 4) is 0 Å². The van der Waals surface area contributed by atoms with Gasteiger partial charge in [-0.25, -0.2) is 9.97 Å². The van der Waals surface area contributed by atoms with Crippen molar-refractivity contribution in [3.05, 3.63) is 17.3 Å². The summed E-state index contributed by atoms with van der Waals surface area (Å²) in [7, 11) is 0. The summed E-state index contributed by atoms with van der Waals surface area (Å²) in [5, 5.41) is 3.00. The number of carbonyl (C=O) groups is 1. The molecule has 0 aromatic carbocycles. The topological polar surface area (TPSA) is 84.1 Å². The van der Waals surface area contributed by atoms with E-state index in [1.54, 1.807) is 12.4 Å². The summed E-state index contributed by atoms with van der Waals surface area (Å²) < 4.78 is 0. The van der Waals surface area contributed by atoms with E-state index in [0.29, 0.717) is 33.5 Å². The van der Waals surface area contributed by atoms with Gasteiger partial charge in [0.15, 0.2) is 0 Å². The Hall–Kier alpha value is -1.73. The van der Waals surface area contributed by atoms with Crippen molar-refractivity contribution in [1.82, 2.24) is 20.2 Å². The van der Waals surface area contributed by atoms with E-state index in [1.165, 1.54) is 17.8 Å². The molecule has 0 spiro atoms. The lowest BCUT2D eigenvalue weighted by Gasteiger charge is -2.22. The molecule has 1 atom stereocenters. The number of fused-ring (bicyclic) bond motifs is 1. The van der Waals surface area contributed by atoms with E-state index < -0.39 is 0 Å². The van der Waals surface area contributed by atoms with Crippen molar-refractivity contribution < 1.29 is 4.79 Å². The van der Waals surface area contributed by atoms with E-state index in [4.69, 9.17) is 5.73 Å². The molecule has 2 aromatic heterocycles. The fraction of sp³-hybridized carbons (Fsp3) is 0.500. The average molecular weight is 305 g/mol. The summed E-state index contributed by atoms with van der Waals surface area (Å²) in [6, 6.07) is 0.436. The Morgan fingerprint density at radius 1 is 1.52 bits per heavy atom. The average Bonchev–Trinajstić information content (AvgIpc) is 3.09. The van der Waals surface area contributed by atoms with Crippen LogP contribution in [0.2, 0.25) is 0 Å². The van der Waals surface area contributed by atoms with Gasteiger partial charge in [-0.15, -0.1) is 11.3 Å². The van der Waals surface area contributed by atoms with Gasteiger partial charge < -0.3 is 11.1 Å². The summed E-state index contributed by atoms with van der Waals surface area (Å²) in [6.45, 7) is 4.97. The number of nitrogens with one attached hydrogen (secondary N) is 1. The van der Waals surface area contributed by atoms with Crippen LogP contribution >= 0.6 is 11.3 Å². The van der Waals surface area contributed by atoms with Crippen LogP contribution in [0.4, 0.5) is 5.69 Å². The number of aromatic nitrogens is 2. The maximum atomic E-state index is 12.3. The van der Waals surface area contributed by atoms with E-state index in [1.807, 2.05) is 0 Å². The number of rotatable bonds is 4. The third-order valence-corrected chi connectivity index (χ3v) is 5.07. The lowest BCUT2D eigenvalue weighted by Crippen LogP contribution is -2.39. The molecule has 3 heterocycles. The fourth-order valence-electron chi connectivity index (χ4n) is 2.85. The van der Waals surface area contributed by atoms with E-state index in [2.05, 4.69) is 27.1 Å². The molecule has 1 saturated heterocycles. The molecule has 21 heavy (non-hydrogen) atoms. The largest absolute Gasteiger partial charge is 0.396 e. The first-order chi connectivity index (χ1) is 10.2. The molecule has 6 nitrogen and oxygen atoms in total. The van der Waals surface area contributed by atoms with Gasteiger partial charge in [0, 0.05) is 25.0 Å². The zero-order chi connectivity index (χ0) is 14.8. The molecule has 1 fully saturated rings. The van der Waals surface area contributed by atoms with Crippen molar-refractivity contribution >= 4 is 33.3 Å². The molecule has 112 valence electrons. The van der Waals surface area contributed by atoms with Crippen LogP contribution in [0.25, 0.3) is 10.3 Å². The molecule has 0 radical (unpaired) electrons. The smallest absolute Gasteiger partial charge is 0.263 e. The zero-order valence-corrected chi connectivity index (χ0v) is 12.8. The Kier molecular flexibility index (Phi) is 4.03. The Bertz CT molecular complexity index is 656. The van der Waals surface area contributed by atoms with Crippen molar-refractivity contribution in [2.45, 2.75) is 25.8 Å². The second kappa shape index (κ2) is 5.95. The highest BCUT2D eigenvalue weighted by molar-refractivity contribution is 7.21. The monoisotopic (exact) mass is 305 g/mol. The minimum absolute atomic E-state index is 0.125. The molecule has 7 heteroatoms. The standard InChI is InChI=1S/C14H19N5OS/c1-2-19-7-3-4-9(19)8-18-13(20)12-10(15)11-14(21-12)17-6-5-16-11/h5-6,9H,2-4,7-8,15H2,1H3,(H,18,20). The lowest BCUT2D eigenvalue weighted by molar-refractivity contribution is 0.0946. The Balaban J connectivity index is 1.71. The molecule has 3 N–H and O–H groups in total. The number of likely N-dealkylation sites (N-methyl/N-ethyl adjacent to an activating group) is 1. The van der Waals surface area contributed by atoms with Gasteiger partial charge in [-0.1, -0.05) is 6.92 Å². The lowest BCUT2D eigenvalue weighted by atomic mass is 10.2. The summed E-state index contributed by atoms with van der Waals surface area (Å²) >= 11 is 1.30. The quantitative estimate of drug-likeness (QED) is 0.894.